The fourth-order valence-electron chi connectivity index (χ4n) is 9.53. The summed E-state index contributed by atoms with van der Waals surface area (Å²) in [5, 5.41) is 24.1. The molecular weight excluding hydrogens is 1440 g/mol. The maximum atomic E-state index is 15.2. The summed E-state index contributed by atoms with van der Waals surface area (Å²) in [7, 11) is 13.1. The predicted molar refractivity (Wildman–Crippen MR) is 397 cm³/mol. The van der Waals surface area contributed by atoms with Crippen molar-refractivity contribution in [2.75, 3.05) is 283 Å². The lowest BCUT2D eigenvalue weighted by Crippen LogP contribution is -2.20. The molecule has 5 aromatic carbocycles. The summed E-state index contributed by atoms with van der Waals surface area (Å²) in [5.41, 5.74) is -0.435. The lowest BCUT2D eigenvalue weighted by Gasteiger charge is -2.20. The molecule has 0 unspecified atom stereocenters. The highest BCUT2D eigenvalue weighted by Crippen LogP contribution is 2.41. The Morgan fingerprint density at radius 3 is 0.826 bits per heavy atom. The molecule has 35 heteroatoms. The van der Waals surface area contributed by atoms with Crippen molar-refractivity contribution in [2.24, 2.45) is 0 Å². The third-order valence-electron chi connectivity index (χ3n) is 14.9. The summed E-state index contributed by atoms with van der Waals surface area (Å²) in [6.07, 6.45) is 0. The Kier molecular flexibility index (Phi) is 45.3. The third kappa shape index (κ3) is 33.4. The quantitative estimate of drug-likeness (QED) is 0.0169. The van der Waals surface area contributed by atoms with E-state index >= 15 is 9.59 Å². The number of carbonyl (C=O) groups excluding carboxylic acids is 4. The zero-order valence-corrected chi connectivity index (χ0v) is 63.8. The van der Waals surface area contributed by atoms with Crippen LogP contribution in [0.15, 0.2) is 66.7 Å². The largest absolute Gasteiger partial charge is 0.496 e. The number of anilines is 4. The summed E-state index contributed by atoms with van der Waals surface area (Å²) < 4.78 is 135. The van der Waals surface area contributed by atoms with E-state index in [2.05, 4.69) is 21.3 Å². The first-order valence-electron chi connectivity index (χ1n) is 34.9. The number of hydrogen-bond donors (Lipinski definition) is 4. The maximum absolute atomic E-state index is 15.2. The average Bonchev–Trinajstić information content (AvgIpc) is 0.413. The van der Waals surface area contributed by atoms with Crippen LogP contribution >= 0.6 is 0 Å². The molecule has 0 atom stereocenters. The minimum absolute atomic E-state index is 0.00305. The van der Waals surface area contributed by atoms with Crippen LogP contribution in [0.25, 0.3) is 0 Å². The molecule has 0 saturated carbocycles. The zero-order chi connectivity index (χ0) is 78.6. The van der Waals surface area contributed by atoms with Gasteiger partial charge in [-0.05, 0) is 42.8 Å². The first-order valence-corrected chi connectivity index (χ1v) is 34.9. The van der Waals surface area contributed by atoms with Crippen LogP contribution in [0, 0.1) is 17.0 Å². The highest BCUT2D eigenvalue weighted by Gasteiger charge is 2.29. The number of carbonyl (C=O) groups is 4. The van der Waals surface area contributed by atoms with Crippen molar-refractivity contribution >= 4 is 52.1 Å². The van der Waals surface area contributed by atoms with Gasteiger partial charge in [-0.1, -0.05) is 6.07 Å². The number of aryl methyl sites for hydroxylation is 1. The number of nitrogens with one attached hydrogen (secondary N) is 4. The normalized spacial score (nSPS) is 11.1. The van der Waals surface area contributed by atoms with Crippen LogP contribution in [0.2, 0.25) is 0 Å². The summed E-state index contributed by atoms with van der Waals surface area (Å²) in [5.74, 6) is -3.38. The van der Waals surface area contributed by atoms with E-state index in [4.69, 9.17) is 114 Å². The summed E-state index contributed by atoms with van der Waals surface area (Å²) in [4.78, 5) is 71.6. The Bertz CT molecular complexity index is 3500. The van der Waals surface area contributed by atoms with Gasteiger partial charge in [0.25, 0.3) is 23.6 Å². The molecule has 5 rings (SSSR count). The first-order chi connectivity index (χ1) is 53.2. The van der Waals surface area contributed by atoms with Crippen molar-refractivity contribution in [3.63, 3.8) is 0 Å². The number of nitro groups is 1. The van der Waals surface area contributed by atoms with Gasteiger partial charge in [-0.15, -0.1) is 0 Å². The van der Waals surface area contributed by atoms with E-state index in [0.29, 0.717) is 90.7 Å². The van der Waals surface area contributed by atoms with Gasteiger partial charge in [0.15, 0.2) is 0 Å². The van der Waals surface area contributed by atoms with E-state index in [-0.39, 0.29) is 204 Å². The first kappa shape index (κ1) is 90.6. The van der Waals surface area contributed by atoms with Gasteiger partial charge in [0.2, 0.25) is 5.75 Å². The summed E-state index contributed by atoms with van der Waals surface area (Å²) in [6, 6.07) is 15.5. The van der Waals surface area contributed by atoms with Crippen LogP contribution in [-0.4, -0.2) is 291 Å². The van der Waals surface area contributed by atoms with Crippen molar-refractivity contribution in [1.29, 1.82) is 0 Å². The molecule has 0 radical (unpaired) electrons. The highest BCUT2D eigenvalue weighted by molar-refractivity contribution is 6.13. The van der Waals surface area contributed by atoms with Gasteiger partial charge < -0.3 is 135 Å². The van der Waals surface area contributed by atoms with E-state index in [1.807, 2.05) is 13.0 Å². The molecule has 4 N–H and O–H groups in total. The van der Waals surface area contributed by atoms with Crippen LogP contribution < -0.4 is 63.9 Å². The maximum Gasteiger partial charge on any atom is 0.312 e. The second-order valence-corrected chi connectivity index (χ2v) is 22.6. The number of nitrogens with zero attached hydrogens (tertiary/aromatic N) is 1. The van der Waals surface area contributed by atoms with Gasteiger partial charge >= 0.3 is 5.69 Å². The zero-order valence-electron chi connectivity index (χ0n) is 63.8. The Balaban J connectivity index is 1.55. The van der Waals surface area contributed by atoms with Crippen LogP contribution in [0.3, 0.4) is 0 Å². The Hall–Kier alpha value is -9.02. The molecule has 0 bridgehead atoms. The molecule has 606 valence electrons. The topological polar surface area (TPSA) is 381 Å². The molecular formula is C74H105N5O30. The lowest BCUT2D eigenvalue weighted by atomic mass is 10.1. The van der Waals surface area contributed by atoms with Gasteiger partial charge in [0, 0.05) is 65.9 Å². The van der Waals surface area contributed by atoms with Crippen molar-refractivity contribution in [1.82, 2.24) is 0 Å². The molecule has 0 aliphatic rings. The lowest BCUT2D eigenvalue weighted by molar-refractivity contribution is -0.385. The number of hydrogen-bond acceptors (Lipinski definition) is 30. The van der Waals surface area contributed by atoms with Gasteiger partial charge in [-0.25, -0.2) is 0 Å². The van der Waals surface area contributed by atoms with Crippen molar-refractivity contribution < 1.29 is 138 Å². The SMILES string of the molecule is COCCOCCOCCOc1ccc(C)cc1NC(=O)c1cc(NC(=O)c2cc(NC(=O)c3cc(NC(=O)c4cc([N+](=O)[O-])c(OCCOCCOCCOC)cc4OCCOCCOCCOC)c(OC)cc3OC)c(OCCOCCOCCOC)cc2OCCOCCOCCOC)c(OC)cc1OC. The van der Waals surface area contributed by atoms with E-state index in [0.717, 1.165) is 11.6 Å². The summed E-state index contributed by atoms with van der Waals surface area (Å²) in [6.45, 7) is 8.22. The summed E-state index contributed by atoms with van der Waals surface area (Å²) >= 11 is 0. The fraction of sp³-hybridized carbons (Fsp3) is 0.541. The molecule has 0 heterocycles. The molecule has 0 fully saturated rings. The van der Waals surface area contributed by atoms with Crippen LogP contribution in [0.1, 0.15) is 47.0 Å². The predicted octanol–water partition coefficient (Wildman–Crippen LogP) is 7.24. The van der Waals surface area contributed by atoms with Crippen LogP contribution in [-0.2, 0) is 71.1 Å². The van der Waals surface area contributed by atoms with E-state index in [1.165, 1.54) is 70.9 Å². The number of ether oxygens (including phenoxy) is 24. The van der Waals surface area contributed by atoms with Crippen molar-refractivity contribution in [3.05, 3.63) is 105 Å². The Morgan fingerprint density at radius 1 is 0.275 bits per heavy atom. The smallest absolute Gasteiger partial charge is 0.312 e. The number of rotatable bonds is 63. The van der Waals surface area contributed by atoms with E-state index < -0.39 is 34.2 Å². The van der Waals surface area contributed by atoms with Crippen molar-refractivity contribution in [3.8, 4) is 51.7 Å². The second kappa shape index (κ2) is 54.6. The Morgan fingerprint density at radius 2 is 0.514 bits per heavy atom. The second-order valence-electron chi connectivity index (χ2n) is 22.6. The van der Waals surface area contributed by atoms with Crippen molar-refractivity contribution in [2.45, 2.75) is 6.92 Å². The standard InChI is InChI=1S/C74H105N5O30/c1-52-11-12-62(105-38-33-100-28-23-95-18-13-86-2)57(43-52)75-71(80)53-44-58(67(93-9)48-63(53)91-7)76-73(82)55-46-60(69(108-41-36-103-31-26-98-21-16-89-5)50-65(55)106-39-34-101-29-24-96-19-14-87-3)78-72(81)54-45-59(68(94-10)49-64(54)92-8)77-74(83)56-47-61(79(84)85)70(109-42-37-104-32-27-99-22-17-90-6)51-66(56)107-40-35-102-30-25-97-20-15-88-4/h11-12,43-51H,13-42H2,1-10H3,(H,75,80)(H,76,82)(H,77,83)(H,78,81). The molecule has 109 heavy (non-hydrogen) atoms. The third-order valence-corrected chi connectivity index (χ3v) is 14.9. The monoisotopic (exact) mass is 1540 g/mol. The van der Waals surface area contributed by atoms with Gasteiger partial charge in [0.05, 0.1) is 244 Å². The molecule has 0 saturated heterocycles. The highest BCUT2D eigenvalue weighted by atomic mass is 16.6. The number of amides is 4. The molecule has 0 aliphatic carbocycles. The number of benzene rings is 5. The minimum Gasteiger partial charge on any atom is -0.496 e. The van der Waals surface area contributed by atoms with Crippen LogP contribution in [0.5, 0.6) is 51.7 Å². The van der Waals surface area contributed by atoms with Crippen LogP contribution in [0.4, 0.5) is 28.4 Å². The molecule has 0 aliphatic heterocycles. The van der Waals surface area contributed by atoms with Gasteiger partial charge in [-0.3, -0.25) is 29.3 Å². The molecule has 35 nitrogen and oxygen atoms in total. The molecule has 0 spiro atoms. The molecule has 4 amide bonds. The number of methoxy groups -OCH3 is 9. The van der Waals surface area contributed by atoms with E-state index in [9.17, 15) is 19.7 Å². The minimum atomic E-state index is -0.948. The number of nitro benzene ring substituents is 1. The fourth-order valence-corrected chi connectivity index (χ4v) is 9.53. The van der Waals surface area contributed by atoms with Gasteiger partial charge in [0.1, 0.15) is 79.0 Å². The van der Waals surface area contributed by atoms with E-state index in [1.54, 1.807) is 47.7 Å². The Labute approximate surface area is 634 Å². The van der Waals surface area contributed by atoms with Gasteiger partial charge in [-0.2, -0.15) is 0 Å². The molecule has 5 aromatic rings. The average molecular weight is 1540 g/mol. The molecule has 0 aromatic heterocycles.